The van der Waals surface area contributed by atoms with E-state index in [1.807, 2.05) is 19.1 Å². The molecule has 136 valence electrons. The Morgan fingerprint density at radius 1 is 1.21 bits per heavy atom. The molecule has 4 nitrogen and oxygen atoms in total. The molecule has 1 amide bonds. The fraction of sp³-hybridized carbons (Fsp3) is 0.650. The molecule has 0 radical (unpaired) electrons. The van der Waals surface area contributed by atoms with Crippen molar-refractivity contribution in [3.8, 4) is 5.75 Å². The standard InChI is InChI=1S/C20H34N2O2/c1-15-13-16(14-17(19(15)24)20(2,3)4)9-10-18(23)21-11-8-12-22(5,6)7/h13-14H,8-12H2,1-7H3,(H-,21,23,24)/p+1. The average molecular weight is 336 g/mol. The lowest BCUT2D eigenvalue weighted by Gasteiger charge is -2.23. The Balaban J connectivity index is 2.56. The Kier molecular flexibility index (Phi) is 6.85. The van der Waals surface area contributed by atoms with Gasteiger partial charge < -0.3 is 14.9 Å². The number of benzene rings is 1. The van der Waals surface area contributed by atoms with Gasteiger partial charge in [0.05, 0.1) is 27.7 Å². The van der Waals surface area contributed by atoms with Crippen molar-refractivity contribution in [3.05, 3.63) is 28.8 Å². The highest BCUT2D eigenvalue weighted by Crippen LogP contribution is 2.34. The van der Waals surface area contributed by atoms with Gasteiger partial charge in [-0.1, -0.05) is 32.9 Å². The molecule has 0 heterocycles. The van der Waals surface area contributed by atoms with Crippen LogP contribution in [0.4, 0.5) is 0 Å². The van der Waals surface area contributed by atoms with Crippen molar-refractivity contribution < 1.29 is 14.4 Å². The number of hydrogen-bond acceptors (Lipinski definition) is 2. The normalized spacial score (nSPS) is 12.3. The second-order valence-electron chi connectivity index (χ2n) is 8.78. The third-order valence-corrected chi connectivity index (χ3v) is 4.14. The van der Waals surface area contributed by atoms with Gasteiger partial charge in [-0.3, -0.25) is 4.79 Å². The Morgan fingerprint density at radius 3 is 2.38 bits per heavy atom. The number of aromatic hydroxyl groups is 1. The van der Waals surface area contributed by atoms with Crippen molar-refractivity contribution in [3.63, 3.8) is 0 Å². The molecule has 1 rings (SSSR count). The van der Waals surface area contributed by atoms with Crippen molar-refractivity contribution >= 4 is 5.91 Å². The summed E-state index contributed by atoms with van der Waals surface area (Å²) in [6.07, 6.45) is 2.17. The van der Waals surface area contributed by atoms with E-state index in [0.29, 0.717) is 18.6 Å². The molecule has 2 N–H and O–H groups in total. The van der Waals surface area contributed by atoms with Gasteiger partial charge in [0.15, 0.2) is 0 Å². The van der Waals surface area contributed by atoms with E-state index in [-0.39, 0.29) is 11.3 Å². The first-order valence-corrected chi connectivity index (χ1v) is 8.80. The van der Waals surface area contributed by atoms with Gasteiger partial charge in [0.2, 0.25) is 5.91 Å². The first-order valence-electron chi connectivity index (χ1n) is 8.80. The van der Waals surface area contributed by atoms with Gasteiger partial charge in [-0.2, -0.15) is 0 Å². The zero-order chi connectivity index (χ0) is 18.5. The number of carbonyl (C=O) groups excluding carboxylic acids is 1. The van der Waals surface area contributed by atoms with E-state index in [2.05, 4.69) is 47.2 Å². The van der Waals surface area contributed by atoms with Crippen molar-refractivity contribution in [1.82, 2.24) is 5.32 Å². The van der Waals surface area contributed by atoms with Gasteiger partial charge >= 0.3 is 0 Å². The maximum absolute atomic E-state index is 12.0. The van der Waals surface area contributed by atoms with Crippen molar-refractivity contribution in [2.45, 2.75) is 52.4 Å². The minimum Gasteiger partial charge on any atom is -0.507 e. The molecule has 1 aromatic rings. The molecule has 24 heavy (non-hydrogen) atoms. The molecular weight excluding hydrogens is 300 g/mol. The summed E-state index contributed by atoms with van der Waals surface area (Å²) in [6, 6.07) is 4.02. The van der Waals surface area contributed by atoms with E-state index >= 15 is 0 Å². The van der Waals surface area contributed by atoms with Crippen LogP contribution in [0.2, 0.25) is 0 Å². The highest BCUT2D eigenvalue weighted by molar-refractivity contribution is 5.76. The van der Waals surface area contributed by atoms with Crippen LogP contribution in [0, 0.1) is 6.92 Å². The summed E-state index contributed by atoms with van der Waals surface area (Å²) >= 11 is 0. The number of quaternary nitrogens is 1. The molecule has 0 bridgehead atoms. The highest BCUT2D eigenvalue weighted by Gasteiger charge is 2.20. The molecule has 0 aliphatic carbocycles. The molecule has 0 unspecified atom stereocenters. The minimum absolute atomic E-state index is 0.0967. The molecule has 1 aromatic carbocycles. The molecular formula is C20H35N2O2+. The van der Waals surface area contributed by atoms with Crippen LogP contribution >= 0.6 is 0 Å². The Labute approximate surface area is 147 Å². The van der Waals surface area contributed by atoms with Crippen LogP contribution < -0.4 is 5.32 Å². The van der Waals surface area contributed by atoms with Gasteiger partial charge in [0.25, 0.3) is 0 Å². The first kappa shape index (κ1) is 20.5. The fourth-order valence-corrected chi connectivity index (χ4v) is 2.70. The lowest BCUT2D eigenvalue weighted by Crippen LogP contribution is -2.37. The second kappa shape index (κ2) is 8.02. The first-order chi connectivity index (χ1) is 10.9. The molecule has 0 saturated carbocycles. The molecule has 0 aromatic heterocycles. The summed E-state index contributed by atoms with van der Waals surface area (Å²) in [4.78, 5) is 12.0. The summed E-state index contributed by atoms with van der Waals surface area (Å²) in [7, 11) is 6.46. The van der Waals surface area contributed by atoms with Crippen LogP contribution in [0.1, 0.15) is 50.3 Å². The number of phenols is 1. The van der Waals surface area contributed by atoms with E-state index in [9.17, 15) is 9.90 Å². The monoisotopic (exact) mass is 335 g/mol. The molecule has 0 saturated heterocycles. The van der Waals surface area contributed by atoms with Gasteiger partial charge in [0, 0.05) is 19.4 Å². The van der Waals surface area contributed by atoms with E-state index in [0.717, 1.165) is 40.7 Å². The minimum atomic E-state index is -0.113. The van der Waals surface area contributed by atoms with E-state index in [4.69, 9.17) is 0 Å². The van der Waals surface area contributed by atoms with Crippen LogP contribution in [0.5, 0.6) is 5.75 Å². The number of phenolic OH excluding ortho intramolecular Hbond substituents is 1. The largest absolute Gasteiger partial charge is 0.507 e. The summed E-state index contributed by atoms with van der Waals surface area (Å²) in [5.74, 6) is 0.468. The van der Waals surface area contributed by atoms with Crippen LogP contribution in [-0.4, -0.2) is 49.7 Å². The lowest BCUT2D eigenvalue weighted by molar-refractivity contribution is -0.870. The van der Waals surface area contributed by atoms with E-state index < -0.39 is 0 Å². The zero-order valence-electron chi connectivity index (χ0n) is 16.5. The Morgan fingerprint density at radius 2 is 1.83 bits per heavy atom. The van der Waals surface area contributed by atoms with Crippen LogP contribution in [0.3, 0.4) is 0 Å². The molecule has 4 heteroatoms. The molecule has 0 aliphatic heterocycles. The third kappa shape index (κ3) is 6.91. The number of aryl methyl sites for hydroxylation is 2. The number of amides is 1. The number of nitrogens with zero attached hydrogens (tertiary/aromatic N) is 1. The number of carbonyl (C=O) groups is 1. The van der Waals surface area contributed by atoms with Gasteiger partial charge in [-0.05, 0) is 35.4 Å². The van der Waals surface area contributed by atoms with Crippen molar-refractivity contribution in [2.24, 2.45) is 0 Å². The van der Waals surface area contributed by atoms with Crippen molar-refractivity contribution in [1.29, 1.82) is 0 Å². The Bertz CT molecular complexity index is 566. The summed E-state index contributed by atoms with van der Waals surface area (Å²) in [6.45, 7) is 9.96. The second-order valence-corrected chi connectivity index (χ2v) is 8.78. The lowest BCUT2D eigenvalue weighted by atomic mass is 9.83. The number of rotatable bonds is 7. The molecule has 0 fully saturated rings. The Hall–Kier alpha value is -1.55. The zero-order valence-corrected chi connectivity index (χ0v) is 16.5. The quantitative estimate of drug-likeness (QED) is 0.594. The summed E-state index contributed by atoms with van der Waals surface area (Å²) in [5.41, 5.74) is 2.82. The van der Waals surface area contributed by atoms with E-state index in [1.54, 1.807) is 0 Å². The fourth-order valence-electron chi connectivity index (χ4n) is 2.70. The maximum atomic E-state index is 12.0. The predicted molar refractivity (Wildman–Crippen MR) is 100 cm³/mol. The van der Waals surface area contributed by atoms with E-state index in [1.165, 1.54) is 0 Å². The van der Waals surface area contributed by atoms with Crippen LogP contribution in [-0.2, 0) is 16.6 Å². The SMILES string of the molecule is Cc1cc(CCC(=O)NCCC[N+](C)(C)C)cc(C(C)(C)C)c1O. The van der Waals surface area contributed by atoms with Gasteiger partial charge in [0.1, 0.15) is 5.75 Å². The smallest absolute Gasteiger partial charge is 0.220 e. The average Bonchev–Trinajstić information content (AvgIpc) is 2.42. The molecule has 0 aliphatic rings. The summed E-state index contributed by atoms with van der Waals surface area (Å²) < 4.78 is 0.915. The molecule has 0 atom stereocenters. The predicted octanol–water partition coefficient (Wildman–Crippen LogP) is 3.14. The van der Waals surface area contributed by atoms with Gasteiger partial charge in [-0.25, -0.2) is 0 Å². The van der Waals surface area contributed by atoms with Crippen LogP contribution in [0.25, 0.3) is 0 Å². The number of hydrogen-bond donors (Lipinski definition) is 2. The topological polar surface area (TPSA) is 49.3 Å². The van der Waals surface area contributed by atoms with Crippen LogP contribution in [0.15, 0.2) is 12.1 Å². The maximum Gasteiger partial charge on any atom is 0.220 e. The molecule has 0 spiro atoms. The van der Waals surface area contributed by atoms with Gasteiger partial charge in [-0.15, -0.1) is 0 Å². The highest BCUT2D eigenvalue weighted by atomic mass is 16.3. The van der Waals surface area contributed by atoms with Crippen molar-refractivity contribution in [2.75, 3.05) is 34.2 Å². The summed E-state index contributed by atoms with van der Waals surface area (Å²) in [5, 5.41) is 13.3. The number of nitrogens with one attached hydrogen (secondary N) is 1. The third-order valence-electron chi connectivity index (χ3n) is 4.14.